The average molecular weight is 471 g/mol. The summed E-state index contributed by atoms with van der Waals surface area (Å²) in [6, 6.07) is 0. The maximum atomic E-state index is 10.7. The van der Waals surface area contributed by atoms with Gasteiger partial charge in [0.05, 0.1) is 35.6 Å². The van der Waals surface area contributed by atoms with Crippen LogP contribution in [0.25, 0.3) is 0 Å². The summed E-state index contributed by atoms with van der Waals surface area (Å²) < 4.78 is 11.5. The molecule has 6 atom stereocenters. The second-order valence-electron chi connectivity index (χ2n) is 12.8. The molecule has 0 spiro atoms. The quantitative estimate of drug-likeness (QED) is 0.311. The summed E-state index contributed by atoms with van der Waals surface area (Å²) in [5.74, 6) is 0. The van der Waals surface area contributed by atoms with Crippen LogP contribution in [0.2, 0.25) is 0 Å². The molecule has 4 aliphatic rings. The van der Waals surface area contributed by atoms with Crippen molar-refractivity contribution in [3.63, 3.8) is 0 Å². The molecular formula is C30H46O4. The first kappa shape index (κ1) is 25.9. The van der Waals surface area contributed by atoms with E-state index >= 15 is 0 Å². The Morgan fingerprint density at radius 3 is 1.41 bits per heavy atom. The smallest absolute Gasteiger partial charge is 0.0892 e. The highest BCUT2D eigenvalue weighted by Crippen LogP contribution is 2.46. The molecule has 190 valence electrons. The van der Waals surface area contributed by atoms with Gasteiger partial charge in [0.25, 0.3) is 0 Å². The molecule has 2 aliphatic heterocycles. The summed E-state index contributed by atoms with van der Waals surface area (Å²) in [7, 11) is 0. The molecule has 4 heteroatoms. The molecule has 0 amide bonds. The third-order valence-corrected chi connectivity index (χ3v) is 8.92. The topological polar surface area (TPSA) is 65.5 Å². The van der Waals surface area contributed by atoms with E-state index < -0.39 is 0 Å². The summed E-state index contributed by atoms with van der Waals surface area (Å²) in [6.07, 6.45) is 20.6. The number of aliphatic hydroxyl groups excluding tert-OH is 2. The van der Waals surface area contributed by atoms with Gasteiger partial charge in [0.2, 0.25) is 0 Å². The van der Waals surface area contributed by atoms with Crippen molar-refractivity contribution in [3.05, 3.63) is 47.6 Å². The van der Waals surface area contributed by atoms with E-state index in [9.17, 15) is 10.2 Å². The Kier molecular flexibility index (Phi) is 7.12. The summed E-state index contributed by atoms with van der Waals surface area (Å²) in [5, 5.41) is 21.3. The average Bonchev–Trinajstić information content (AvgIpc) is 3.60. The normalized spacial score (nSPS) is 40.9. The molecule has 34 heavy (non-hydrogen) atoms. The SMILES string of the molecule is CC1(CCC2OC2(C)C)C=C(C=CC=CC2=CC(C)(CCC3OC3(C)C)C(O)CC2)CCC1O. The molecule has 2 saturated heterocycles. The fraction of sp³-hybridized carbons (Fsp3) is 0.733. The lowest BCUT2D eigenvalue weighted by atomic mass is 9.72. The Balaban J connectivity index is 1.34. The Morgan fingerprint density at radius 2 is 1.09 bits per heavy atom. The first-order chi connectivity index (χ1) is 15.8. The second kappa shape index (κ2) is 9.35. The molecule has 0 aromatic heterocycles. The van der Waals surface area contributed by atoms with Crippen LogP contribution >= 0.6 is 0 Å². The van der Waals surface area contributed by atoms with Crippen molar-refractivity contribution in [1.29, 1.82) is 0 Å². The van der Waals surface area contributed by atoms with E-state index in [0.717, 1.165) is 51.4 Å². The number of epoxide rings is 2. The van der Waals surface area contributed by atoms with E-state index in [1.165, 1.54) is 11.1 Å². The second-order valence-corrected chi connectivity index (χ2v) is 12.8. The zero-order valence-electron chi connectivity index (χ0n) is 22.1. The molecule has 6 unspecified atom stereocenters. The van der Waals surface area contributed by atoms with Gasteiger partial charge in [-0.25, -0.2) is 0 Å². The van der Waals surface area contributed by atoms with E-state index in [4.69, 9.17) is 9.47 Å². The predicted octanol–water partition coefficient (Wildman–Crippen LogP) is 6.19. The highest BCUT2D eigenvalue weighted by Gasteiger charge is 2.49. The minimum atomic E-state index is -0.287. The Labute approximate surface area is 206 Å². The van der Waals surface area contributed by atoms with Gasteiger partial charge in [0, 0.05) is 10.8 Å². The third kappa shape index (κ3) is 5.95. The summed E-state index contributed by atoms with van der Waals surface area (Å²) in [4.78, 5) is 0. The van der Waals surface area contributed by atoms with Crippen molar-refractivity contribution < 1.29 is 19.7 Å². The number of hydrogen-bond donors (Lipinski definition) is 2. The Morgan fingerprint density at radius 1 is 0.735 bits per heavy atom. The minimum absolute atomic E-state index is 0.00934. The molecule has 2 aliphatic carbocycles. The summed E-state index contributed by atoms with van der Waals surface area (Å²) in [6.45, 7) is 12.9. The van der Waals surface area contributed by atoms with Gasteiger partial charge < -0.3 is 19.7 Å². The van der Waals surface area contributed by atoms with E-state index in [0.29, 0.717) is 12.2 Å². The minimum Gasteiger partial charge on any atom is -0.392 e. The van der Waals surface area contributed by atoms with Crippen LogP contribution in [0, 0.1) is 10.8 Å². The number of allylic oxidation sites excluding steroid dienone is 6. The monoisotopic (exact) mass is 470 g/mol. The Hall–Kier alpha value is -1.20. The lowest BCUT2D eigenvalue weighted by Crippen LogP contribution is -2.34. The van der Waals surface area contributed by atoms with Crippen LogP contribution in [-0.2, 0) is 9.47 Å². The van der Waals surface area contributed by atoms with Crippen molar-refractivity contribution >= 4 is 0 Å². The zero-order chi connectivity index (χ0) is 24.8. The molecule has 2 fully saturated rings. The molecule has 4 nitrogen and oxygen atoms in total. The fourth-order valence-electron chi connectivity index (χ4n) is 5.91. The van der Waals surface area contributed by atoms with Crippen molar-refractivity contribution in [2.45, 2.75) is 129 Å². The first-order valence-corrected chi connectivity index (χ1v) is 13.3. The van der Waals surface area contributed by atoms with Crippen LogP contribution in [-0.4, -0.2) is 45.8 Å². The van der Waals surface area contributed by atoms with E-state index in [2.05, 4.69) is 78.0 Å². The van der Waals surface area contributed by atoms with Crippen LogP contribution < -0.4 is 0 Å². The predicted molar refractivity (Wildman–Crippen MR) is 138 cm³/mol. The van der Waals surface area contributed by atoms with Gasteiger partial charge >= 0.3 is 0 Å². The third-order valence-electron chi connectivity index (χ3n) is 8.92. The number of rotatable bonds is 9. The Bertz CT molecular complexity index is 806. The highest BCUT2D eigenvalue weighted by atomic mass is 16.6. The van der Waals surface area contributed by atoms with Gasteiger partial charge in [-0.1, -0.05) is 61.4 Å². The van der Waals surface area contributed by atoms with Crippen molar-refractivity contribution in [2.24, 2.45) is 10.8 Å². The molecular weight excluding hydrogens is 424 g/mol. The highest BCUT2D eigenvalue weighted by molar-refractivity contribution is 5.32. The summed E-state index contributed by atoms with van der Waals surface area (Å²) in [5.41, 5.74) is 2.25. The fourth-order valence-corrected chi connectivity index (χ4v) is 5.91. The molecule has 4 rings (SSSR count). The molecule has 0 saturated carbocycles. The molecule has 0 radical (unpaired) electrons. The van der Waals surface area contributed by atoms with Crippen LogP contribution in [0.3, 0.4) is 0 Å². The molecule has 0 aromatic carbocycles. The molecule has 0 bridgehead atoms. The number of aliphatic hydroxyl groups is 2. The van der Waals surface area contributed by atoms with Crippen LogP contribution in [0.4, 0.5) is 0 Å². The number of ether oxygens (including phenoxy) is 2. The standard InChI is InChI=1S/C30H46O4/c1-27(2)25(33-27)15-17-29(5)19-21(11-13-23(29)31)9-7-8-10-22-12-14-24(32)30(6,20-22)18-16-26-28(3,4)34-26/h7-10,19-20,23-26,31-32H,11-18H2,1-6H3. The van der Waals surface area contributed by atoms with Crippen LogP contribution in [0.5, 0.6) is 0 Å². The summed E-state index contributed by atoms with van der Waals surface area (Å²) >= 11 is 0. The van der Waals surface area contributed by atoms with Crippen LogP contribution in [0.15, 0.2) is 47.6 Å². The van der Waals surface area contributed by atoms with E-state index in [1.807, 2.05) is 0 Å². The van der Waals surface area contributed by atoms with Gasteiger partial charge in [-0.2, -0.15) is 0 Å². The number of hydrogen-bond acceptors (Lipinski definition) is 4. The molecule has 2 N–H and O–H groups in total. The van der Waals surface area contributed by atoms with Gasteiger partial charge in [0.1, 0.15) is 0 Å². The van der Waals surface area contributed by atoms with Gasteiger partial charge in [0.15, 0.2) is 0 Å². The largest absolute Gasteiger partial charge is 0.392 e. The van der Waals surface area contributed by atoms with Gasteiger partial charge in [-0.15, -0.1) is 0 Å². The van der Waals surface area contributed by atoms with Gasteiger partial charge in [-0.3, -0.25) is 0 Å². The maximum absolute atomic E-state index is 10.7. The molecule has 0 aromatic rings. The van der Waals surface area contributed by atoms with Crippen molar-refractivity contribution in [3.8, 4) is 0 Å². The zero-order valence-corrected chi connectivity index (χ0v) is 22.1. The van der Waals surface area contributed by atoms with E-state index in [-0.39, 0.29) is 34.2 Å². The lowest BCUT2D eigenvalue weighted by molar-refractivity contribution is 0.0474. The van der Waals surface area contributed by atoms with Crippen LogP contribution in [0.1, 0.15) is 92.9 Å². The molecule has 2 heterocycles. The first-order valence-electron chi connectivity index (χ1n) is 13.3. The van der Waals surface area contributed by atoms with Crippen molar-refractivity contribution in [1.82, 2.24) is 0 Å². The van der Waals surface area contributed by atoms with E-state index in [1.54, 1.807) is 0 Å². The van der Waals surface area contributed by atoms with Crippen molar-refractivity contribution in [2.75, 3.05) is 0 Å². The maximum Gasteiger partial charge on any atom is 0.0892 e. The van der Waals surface area contributed by atoms with Gasteiger partial charge in [-0.05, 0) is 79.1 Å². The lowest BCUT2D eigenvalue weighted by Gasteiger charge is -2.36.